The number of aromatic nitrogens is 1. The molecule has 146 valence electrons. The number of para-hydroxylation sites is 1. The molecule has 0 bridgehead atoms. The molecule has 0 saturated carbocycles. The Morgan fingerprint density at radius 3 is 2.55 bits per heavy atom. The SMILES string of the molecule is O=C(NC1=CCN(C(=O)c2ccnc3ccccc23)CC1)Nc1ccc(Cl)cc1. The van der Waals surface area contributed by atoms with Gasteiger partial charge >= 0.3 is 6.03 Å². The predicted molar refractivity (Wildman–Crippen MR) is 114 cm³/mol. The van der Waals surface area contributed by atoms with E-state index >= 15 is 0 Å². The zero-order chi connectivity index (χ0) is 20.2. The predicted octanol–water partition coefficient (Wildman–Crippen LogP) is 4.44. The number of urea groups is 1. The van der Waals surface area contributed by atoms with Crippen molar-refractivity contribution in [2.75, 3.05) is 18.4 Å². The number of carbonyl (C=O) groups excluding carboxylic acids is 2. The van der Waals surface area contributed by atoms with Gasteiger partial charge in [0.25, 0.3) is 5.91 Å². The number of benzene rings is 2. The number of pyridine rings is 1. The normalized spacial score (nSPS) is 13.7. The van der Waals surface area contributed by atoms with E-state index < -0.39 is 0 Å². The molecule has 0 aliphatic carbocycles. The molecule has 0 atom stereocenters. The van der Waals surface area contributed by atoms with Crippen LogP contribution in [-0.2, 0) is 0 Å². The summed E-state index contributed by atoms with van der Waals surface area (Å²) in [4.78, 5) is 31.2. The largest absolute Gasteiger partial charge is 0.334 e. The Balaban J connectivity index is 1.39. The monoisotopic (exact) mass is 406 g/mol. The highest BCUT2D eigenvalue weighted by Crippen LogP contribution is 2.20. The molecule has 1 aromatic heterocycles. The van der Waals surface area contributed by atoms with Crippen LogP contribution in [0.4, 0.5) is 10.5 Å². The van der Waals surface area contributed by atoms with Crippen molar-refractivity contribution in [1.82, 2.24) is 15.2 Å². The summed E-state index contributed by atoms with van der Waals surface area (Å²) >= 11 is 5.85. The van der Waals surface area contributed by atoms with E-state index in [0.717, 1.165) is 16.6 Å². The molecule has 29 heavy (non-hydrogen) atoms. The molecule has 0 saturated heterocycles. The smallest absolute Gasteiger partial charge is 0.323 e. The minimum Gasteiger partial charge on any atom is -0.334 e. The van der Waals surface area contributed by atoms with E-state index in [0.29, 0.717) is 35.8 Å². The number of anilines is 1. The molecule has 0 spiro atoms. The molecular formula is C22H19ClN4O2. The van der Waals surface area contributed by atoms with E-state index in [1.807, 2.05) is 30.3 Å². The Kier molecular flexibility index (Phi) is 5.44. The molecule has 2 heterocycles. The number of nitrogens with one attached hydrogen (secondary N) is 2. The Morgan fingerprint density at radius 1 is 1.00 bits per heavy atom. The molecule has 6 nitrogen and oxygen atoms in total. The van der Waals surface area contributed by atoms with E-state index in [4.69, 9.17) is 11.6 Å². The molecular weight excluding hydrogens is 388 g/mol. The molecule has 0 fully saturated rings. The van der Waals surface area contributed by atoms with Gasteiger partial charge in [-0.25, -0.2) is 4.79 Å². The Morgan fingerprint density at radius 2 is 1.79 bits per heavy atom. The van der Waals surface area contributed by atoms with Crippen LogP contribution in [0.1, 0.15) is 16.8 Å². The van der Waals surface area contributed by atoms with Crippen LogP contribution in [0.25, 0.3) is 10.9 Å². The number of halogens is 1. The van der Waals surface area contributed by atoms with Gasteiger partial charge in [-0.3, -0.25) is 9.78 Å². The second-order valence-corrected chi connectivity index (χ2v) is 7.13. The maximum Gasteiger partial charge on any atom is 0.323 e. The van der Waals surface area contributed by atoms with Crippen molar-refractivity contribution in [2.24, 2.45) is 0 Å². The highest BCUT2D eigenvalue weighted by molar-refractivity contribution is 6.30. The highest BCUT2D eigenvalue weighted by Gasteiger charge is 2.21. The van der Waals surface area contributed by atoms with E-state index in [9.17, 15) is 9.59 Å². The van der Waals surface area contributed by atoms with Gasteiger partial charge in [0.2, 0.25) is 0 Å². The lowest BCUT2D eigenvalue weighted by molar-refractivity contribution is 0.0770. The maximum atomic E-state index is 13.0. The number of amides is 3. The van der Waals surface area contributed by atoms with Crippen LogP contribution < -0.4 is 10.6 Å². The molecule has 3 aromatic rings. The van der Waals surface area contributed by atoms with E-state index in [1.165, 1.54) is 0 Å². The molecule has 1 aliphatic heterocycles. The van der Waals surface area contributed by atoms with Crippen molar-refractivity contribution < 1.29 is 9.59 Å². The van der Waals surface area contributed by atoms with Crippen LogP contribution in [0.3, 0.4) is 0 Å². The lowest BCUT2D eigenvalue weighted by Crippen LogP contribution is -2.38. The fourth-order valence-electron chi connectivity index (χ4n) is 3.26. The van der Waals surface area contributed by atoms with Crippen LogP contribution in [0, 0.1) is 0 Å². The van der Waals surface area contributed by atoms with Crippen molar-refractivity contribution in [1.29, 1.82) is 0 Å². The average molecular weight is 407 g/mol. The Labute approximate surface area is 173 Å². The standard InChI is InChI=1S/C22H19ClN4O2/c23-15-5-7-16(8-6-15)25-22(29)26-17-10-13-27(14-11-17)21(28)19-9-12-24-20-4-2-1-3-18(19)20/h1-10,12H,11,13-14H2,(H2,25,26,29). The van der Waals surface area contributed by atoms with Crippen molar-refractivity contribution in [2.45, 2.75) is 6.42 Å². The zero-order valence-electron chi connectivity index (χ0n) is 15.6. The molecule has 7 heteroatoms. The first-order chi connectivity index (χ1) is 14.1. The van der Waals surface area contributed by atoms with Gasteiger partial charge in [-0.15, -0.1) is 0 Å². The van der Waals surface area contributed by atoms with Crippen molar-refractivity contribution in [3.8, 4) is 0 Å². The van der Waals surface area contributed by atoms with Gasteiger partial charge in [0.1, 0.15) is 0 Å². The Bertz CT molecular complexity index is 1090. The maximum absolute atomic E-state index is 13.0. The number of carbonyl (C=O) groups is 2. The van der Waals surface area contributed by atoms with Gasteiger partial charge in [-0.1, -0.05) is 29.8 Å². The second-order valence-electron chi connectivity index (χ2n) is 6.69. The first-order valence-electron chi connectivity index (χ1n) is 9.26. The minimum atomic E-state index is -0.321. The number of nitrogens with zero attached hydrogens (tertiary/aromatic N) is 2. The zero-order valence-corrected chi connectivity index (χ0v) is 16.3. The topological polar surface area (TPSA) is 74.3 Å². The van der Waals surface area contributed by atoms with Gasteiger partial charge in [0.05, 0.1) is 11.1 Å². The molecule has 3 amide bonds. The summed E-state index contributed by atoms with van der Waals surface area (Å²) < 4.78 is 0. The minimum absolute atomic E-state index is 0.0375. The van der Waals surface area contributed by atoms with Crippen LogP contribution >= 0.6 is 11.6 Å². The fraction of sp³-hybridized carbons (Fsp3) is 0.136. The quantitative estimate of drug-likeness (QED) is 0.675. The van der Waals surface area contributed by atoms with Crippen molar-refractivity contribution >= 4 is 40.1 Å². The molecule has 2 N–H and O–H groups in total. The van der Waals surface area contributed by atoms with Crippen LogP contribution in [-0.4, -0.2) is 34.9 Å². The van der Waals surface area contributed by atoms with E-state index in [1.54, 1.807) is 41.4 Å². The Hall–Kier alpha value is -3.38. The number of hydrogen-bond acceptors (Lipinski definition) is 3. The summed E-state index contributed by atoms with van der Waals surface area (Å²) in [5, 5.41) is 7.05. The van der Waals surface area contributed by atoms with Crippen LogP contribution in [0.2, 0.25) is 5.02 Å². The summed E-state index contributed by atoms with van der Waals surface area (Å²) in [5.74, 6) is -0.0375. The molecule has 2 aromatic carbocycles. The van der Waals surface area contributed by atoms with Gasteiger partial charge in [-0.05, 0) is 42.5 Å². The third kappa shape index (κ3) is 4.38. The molecule has 0 radical (unpaired) electrons. The highest BCUT2D eigenvalue weighted by atomic mass is 35.5. The van der Waals surface area contributed by atoms with Crippen LogP contribution in [0.15, 0.2) is 72.6 Å². The molecule has 4 rings (SSSR count). The fourth-order valence-corrected chi connectivity index (χ4v) is 3.39. The molecule has 0 unspecified atom stereocenters. The molecule has 1 aliphatic rings. The lowest BCUT2D eigenvalue weighted by atomic mass is 10.1. The van der Waals surface area contributed by atoms with E-state index in [2.05, 4.69) is 15.6 Å². The first kappa shape index (κ1) is 19.0. The van der Waals surface area contributed by atoms with Crippen molar-refractivity contribution in [3.05, 3.63) is 83.2 Å². The third-order valence-electron chi connectivity index (χ3n) is 4.75. The summed E-state index contributed by atoms with van der Waals surface area (Å²) in [7, 11) is 0. The number of fused-ring (bicyclic) bond motifs is 1. The summed E-state index contributed by atoms with van der Waals surface area (Å²) in [6.07, 6.45) is 4.10. The van der Waals surface area contributed by atoms with Gasteiger partial charge < -0.3 is 15.5 Å². The van der Waals surface area contributed by atoms with E-state index in [-0.39, 0.29) is 11.9 Å². The summed E-state index contributed by atoms with van der Waals surface area (Å²) in [5.41, 5.74) is 2.89. The lowest BCUT2D eigenvalue weighted by Gasteiger charge is -2.27. The summed E-state index contributed by atoms with van der Waals surface area (Å²) in [6, 6.07) is 15.9. The van der Waals surface area contributed by atoms with Gasteiger partial charge in [-0.2, -0.15) is 0 Å². The van der Waals surface area contributed by atoms with Gasteiger partial charge in [0.15, 0.2) is 0 Å². The van der Waals surface area contributed by atoms with Gasteiger partial charge in [0, 0.05) is 47.5 Å². The third-order valence-corrected chi connectivity index (χ3v) is 5.00. The average Bonchev–Trinajstić information content (AvgIpc) is 2.75. The summed E-state index contributed by atoms with van der Waals surface area (Å²) in [6.45, 7) is 0.967. The number of hydrogen-bond donors (Lipinski definition) is 2. The second kappa shape index (κ2) is 8.32. The number of rotatable bonds is 3. The van der Waals surface area contributed by atoms with Crippen molar-refractivity contribution in [3.63, 3.8) is 0 Å². The van der Waals surface area contributed by atoms with Crippen LogP contribution in [0.5, 0.6) is 0 Å². The first-order valence-corrected chi connectivity index (χ1v) is 9.63.